The molecule has 2 aromatic carbocycles. The number of aromatic nitrogens is 2. The van der Waals surface area contributed by atoms with Crippen LogP contribution in [0.4, 0.5) is 6.01 Å². The van der Waals surface area contributed by atoms with Gasteiger partial charge >= 0.3 is 6.01 Å². The van der Waals surface area contributed by atoms with Gasteiger partial charge in [-0.15, -0.1) is 5.10 Å². The highest BCUT2D eigenvalue weighted by Crippen LogP contribution is 2.24. The van der Waals surface area contributed by atoms with Crippen LogP contribution in [0.1, 0.15) is 35.7 Å². The molecule has 128 valence electrons. The summed E-state index contributed by atoms with van der Waals surface area (Å²) in [5.41, 5.74) is 2.42. The number of para-hydroxylation sites is 1. The second kappa shape index (κ2) is 7.17. The Bertz CT molecular complexity index is 870. The molecule has 1 amide bonds. The maximum absolute atomic E-state index is 12.3. The number of nitrogens with zero attached hydrogens (tertiary/aromatic N) is 2. The predicted octanol–water partition coefficient (Wildman–Crippen LogP) is 4.12. The molecule has 1 aromatic heterocycles. The first-order valence-corrected chi connectivity index (χ1v) is 7.96. The van der Waals surface area contributed by atoms with Gasteiger partial charge in [0.05, 0.1) is 12.7 Å². The molecule has 1 N–H and O–H groups in total. The van der Waals surface area contributed by atoms with Gasteiger partial charge in [0, 0.05) is 5.56 Å². The number of rotatable bonds is 5. The number of benzene rings is 2. The Morgan fingerprint density at radius 2 is 1.80 bits per heavy atom. The summed E-state index contributed by atoms with van der Waals surface area (Å²) < 4.78 is 10.7. The third kappa shape index (κ3) is 3.68. The Hall–Kier alpha value is -3.15. The fourth-order valence-corrected chi connectivity index (χ4v) is 2.40. The van der Waals surface area contributed by atoms with E-state index >= 15 is 0 Å². The Morgan fingerprint density at radius 3 is 2.48 bits per heavy atom. The second-order valence-corrected chi connectivity index (χ2v) is 5.84. The van der Waals surface area contributed by atoms with Gasteiger partial charge in [-0.05, 0) is 35.7 Å². The van der Waals surface area contributed by atoms with Gasteiger partial charge in [0.1, 0.15) is 5.75 Å². The summed E-state index contributed by atoms with van der Waals surface area (Å²) in [6, 6.07) is 14.9. The van der Waals surface area contributed by atoms with E-state index in [-0.39, 0.29) is 11.9 Å². The van der Waals surface area contributed by atoms with E-state index < -0.39 is 0 Å². The molecule has 6 heteroatoms. The minimum absolute atomic E-state index is 0.0406. The minimum atomic E-state index is -0.372. The maximum atomic E-state index is 12.3. The molecule has 0 unspecified atom stereocenters. The molecule has 0 saturated heterocycles. The number of hydrogen-bond acceptors (Lipinski definition) is 5. The van der Waals surface area contributed by atoms with E-state index in [0.717, 1.165) is 5.56 Å². The highest BCUT2D eigenvalue weighted by Gasteiger charge is 2.16. The first-order chi connectivity index (χ1) is 12.1. The topological polar surface area (TPSA) is 77.2 Å². The van der Waals surface area contributed by atoms with E-state index in [9.17, 15) is 4.79 Å². The molecule has 6 nitrogen and oxygen atoms in total. The van der Waals surface area contributed by atoms with Crippen LogP contribution >= 0.6 is 0 Å². The zero-order valence-corrected chi connectivity index (χ0v) is 14.3. The molecule has 3 aromatic rings. The van der Waals surface area contributed by atoms with Crippen LogP contribution in [0, 0.1) is 0 Å². The van der Waals surface area contributed by atoms with Crippen molar-refractivity contribution in [1.82, 2.24) is 10.2 Å². The first kappa shape index (κ1) is 16.7. The van der Waals surface area contributed by atoms with Gasteiger partial charge in [-0.2, -0.15) is 0 Å². The molecule has 0 aliphatic carbocycles. The van der Waals surface area contributed by atoms with Crippen molar-refractivity contribution in [3.63, 3.8) is 0 Å². The monoisotopic (exact) mass is 337 g/mol. The molecule has 0 fully saturated rings. The SMILES string of the molecule is COc1ccccc1C(=O)Nc1nnc(-c2ccc(C(C)C)cc2)o1. The lowest BCUT2D eigenvalue weighted by Gasteiger charge is -2.06. The van der Waals surface area contributed by atoms with E-state index in [2.05, 4.69) is 29.4 Å². The van der Waals surface area contributed by atoms with Crippen LogP contribution in [0.25, 0.3) is 11.5 Å². The van der Waals surface area contributed by atoms with E-state index in [4.69, 9.17) is 9.15 Å². The molecule has 0 atom stereocenters. The predicted molar refractivity (Wildman–Crippen MR) is 94.8 cm³/mol. The Labute approximate surface area is 145 Å². The molecular formula is C19H19N3O3. The fourth-order valence-electron chi connectivity index (χ4n) is 2.40. The largest absolute Gasteiger partial charge is 0.496 e. The molecule has 0 bridgehead atoms. The summed E-state index contributed by atoms with van der Waals surface area (Å²) in [5.74, 6) is 0.907. The van der Waals surface area contributed by atoms with Crippen LogP contribution in [0.3, 0.4) is 0 Å². The van der Waals surface area contributed by atoms with Gasteiger partial charge < -0.3 is 9.15 Å². The summed E-state index contributed by atoms with van der Waals surface area (Å²) in [7, 11) is 1.51. The van der Waals surface area contributed by atoms with Crippen molar-refractivity contribution in [3.05, 3.63) is 59.7 Å². The molecule has 0 saturated carbocycles. The number of anilines is 1. The molecule has 3 rings (SSSR count). The number of carbonyl (C=O) groups excluding carboxylic acids is 1. The van der Waals surface area contributed by atoms with Crippen LogP contribution in [0.5, 0.6) is 5.75 Å². The van der Waals surface area contributed by atoms with Crippen molar-refractivity contribution in [3.8, 4) is 17.2 Å². The van der Waals surface area contributed by atoms with Gasteiger partial charge in [0.15, 0.2) is 0 Å². The summed E-state index contributed by atoms with van der Waals surface area (Å²) in [6.07, 6.45) is 0. The standard InChI is InChI=1S/C19H19N3O3/c1-12(2)13-8-10-14(11-9-13)18-21-22-19(25-18)20-17(23)15-6-4-5-7-16(15)24-3/h4-12H,1-3H3,(H,20,22,23). The number of ether oxygens (including phenoxy) is 1. The van der Waals surface area contributed by atoms with Gasteiger partial charge in [0.2, 0.25) is 5.89 Å². The van der Waals surface area contributed by atoms with Crippen molar-refractivity contribution in [2.75, 3.05) is 12.4 Å². The molecule has 0 radical (unpaired) electrons. The molecular weight excluding hydrogens is 318 g/mol. The van der Waals surface area contributed by atoms with E-state index in [0.29, 0.717) is 23.1 Å². The lowest BCUT2D eigenvalue weighted by atomic mass is 10.0. The molecule has 1 heterocycles. The third-order valence-electron chi connectivity index (χ3n) is 3.82. The highest BCUT2D eigenvalue weighted by molar-refractivity contribution is 6.05. The molecule has 0 spiro atoms. The third-order valence-corrected chi connectivity index (χ3v) is 3.82. The summed E-state index contributed by atoms with van der Waals surface area (Å²) in [4.78, 5) is 12.3. The van der Waals surface area contributed by atoms with Crippen molar-refractivity contribution < 1.29 is 13.9 Å². The first-order valence-electron chi connectivity index (χ1n) is 7.96. The summed E-state index contributed by atoms with van der Waals surface area (Å²) in [5, 5.41) is 10.5. The zero-order valence-electron chi connectivity index (χ0n) is 14.3. The maximum Gasteiger partial charge on any atom is 0.322 e. The van der Waals surface area contributed by atoms with Crippen LogP contribution in [-0.4, -0.2) is 23.2 Å². The minimum Gasteiger partial charge on any atom is -0.496 e. The van der Waals surface area contributed by atoms with Crippen molar-refractivity contribution in [2.45, 2.75) is 19.8 Å². The molecule has 25 heavy (non-hydrogen) atoms. The average molecular weight is 337 g/mol. The number of nitrogens with one attached hydrogen (secondary N) is 1. The van der Waals surface area contributed by atoms with Gasteiger partial charge in [-0.25, -0.2) is 0 Å². The zero-order chi connectivity index (χ0) is 17.8. The smallest absolute Gasteiger partial charge is 0.322 e. The lowest BCUT2D eigenvalue weighted by Crippen LogP contribution is -2.13. The van der Waals surface area contributed by atoms with Crippen LogP contribution in [0.2, 0.25) is 0 Å². The normalized spacial score (nSPS) is 10.7. The number of hydrogen-bond donors (Lipinski definition) is 1. The summed E-state index contributed by atoms with van der Waals surface area (Å²) >= 11 is 0. The van der Waals surface area contributed by atoms with Crippen molar-refractivity contribution in [2.24, 2.45) is 0 Å². The quantitative estimate of drug-likeness (QED) is 0.758. The van der Waals surface area contributed by atoms with Crippen LogP contribution in [-0.2, 0) is 0 Å². The van der Waals surface area contributed by atoms with Gasteiger partial charge in [-0.3, -0.25) is 10.1 Å². The Morgan fingerprint density at radius 1 is 1.08 bits per heavy atom. The van der Waals surface area contributed by atoms with Crippen molar-refractivity contribution in [1.29, 1.82) is 0 Å². The number of methoxy groups -OCH3 is 1. The number of carbonyl (C=O) groups is 1. The highest BCUT2D eigenvalue weighted by atomic mass is 16.5. The van der Waals surface area contributed by atoms with Gasteiger partial charge in [0.25, 0.3) is 5.91 Å². The second-order valence-electron chi connectivity index (χ2n) is 5.84. The average Bonchev–Trinajstić information content (AvgIpc) is 3.10. The Kier molecular flexibility index (Phi) is 4.79. The van der Waals surface area contributed by atoms with Crippen molar-refractivity contribution >= 4 is 11.9 Å². The van der Waals surface area contributed by atoms with Gasteiger partial charge in [-0.1, -0.05) is 43.2 Å². The van der Waals surface area contributed by atoms with E-state index in [1.807, 2.05) is 24.3 Å². The van der Waals surface area contributed by atoms with E-state index in [1.165, 1.54) is 12.7 Å². The molecule has 0 aliphatic rings. The fraction of sp³-hybridized carbons (Fsp3) is 0.211. The van der Waals surface area contributed by atoms with Crippen LogP contribution in [0.15, 0.2) is 52.9 Å². The number of amides is 1. The summed E-state index contributed by atoms with van der Waals surface area (Å²) in [6.45, 7) is 4.26. The lowest BCUT2D eigenvalue weighted by molar-refractivity contribution is 0.102. The van der Waals surface area contributed by atoms with E-state index in [1.54, 1.807) is 24.3 Å². The molecule has 0 aliphatic heterocycles. The Balaban J connectivity index is 1.76. The van der Waals surface area contributed by atoms with Crippen LogP contribution < -0.4 is 10.1 Å².